The van der Waals surface area contributed by atoms with Gasteiger partial charge >= 0.3 is 0 Å². The molecule has 8 nitrogen and oxygen atoms in total. The van der Waals surface area contributed by atoms with E-state index in [9.17, 15) is 18.0 Å². The number of ether oxygens (including phenoxy) is 1. The van der Waals surface area contributed by atoms with Gasteiger partial charge in [-0.2, -0.15) is 0 Å². The molecule has 1 atom stereocenters. The Labute approximate surface area is 215 Å². The third-order valence-corrected chi connectivity index (χ3v) is 6.99. The van der Waals surface area contributed by atoms with Gasteiger partial charge in [0.15, 0.2) is 0 Å². The smallest absolute Gasteiger partial charge is 0.242 e. The number of nitrogens with zero attached hydrogens (tertiary/aromatic N) is 2. The van der Waals surface area contributed by atoms with Crippen LogP contribution < -0.4 is 14.4 Å². The molecule has 0 fully saturated rings. The maximum Gasteiger partial charge on any atom is 0.242 e. The van der Waals surface area contributed by atoms with Gasteiger partial charge in [0.05, 0.1) is 19.1 Å². The zero-order valence-electron chi connectivity index (χ0n) is 22.2. The van der Waals surface area contributed by atoms with Crippen LogP contribution in [0.4, 0.5) is 5.69 Å². The molecular weight excluding hydrogens is 478 g/mol. The van der Waals surface area contributed by atoms with Crippen LogP contribution in [0.1, 0.15) is 44.7 Å². The fraction of sp³-hybridized carbons (Fsp3) is 0.481. The summed E-state index contributed by atoms with van der Waals surface area (Å²) >= 11 is 0. The molecular formula is C27H39N3O5S. The molecule has 2 aromatic rings. The lowest BCUT2D eigenvalue weighted by Gasteiger charge is -2.30. The number of nitrogens with one attached hydrogen (secondary N) is 1. The number of rotatable bonds is 13. The number of aryl methyl sites for hydroxylation is 1. The maximum absolute atomic E-state index is 13.3. The predicted octanol–water partition coefficient (Wildman–Crippen LogP) is 3.74. The monoisotopic (exact) mass is 517 g/mol. The summed E-state index contributed by atoms with van der Waals surface area (Å²) in [5, 5.41) is 2.91. The van der Waals surface area contributed by atoms with E-state index >= 15 is 0 Å². The van der Waals surface area contributed by atoms with Crippen molar-refractivity contribution in [3.05, 3.63) is 59.7 Å². The number of benzene rings is 2. The average molecular weight is 518 g/mol. The Bertz CT molecular complexity index is 1120. The van der Waals surface area contributed by atoms with E-state index in [2.05, 4.69) is 5.32 Å². The Balaban J connectivity index is 2.15. The standard InChI is InChI=1S/C27H39N3O5S/c1-20(2)18-28-27(32)22(4)29(19-23-10-7-9-21(3)17-23)26(31)11-8-16-30(36(6,33)34)24-12-14-25(35-5)15-13-24/h7,9-10,12-15,17,20,22H,8,11,16,18-19H2,1-6H3,(H,28,32)/t22-/m1/s1. The number of sulfonamides is 1. The summed E-state index contributed by atoms with van der Waals surface area (Å²) in [7, 11) is -2.01. The van der Waals surface area contributed by atoms with E-state index in [1.807, 2.05) is 45.0 Å². The predicted molar refractivity (Wildman–Crippen MR) is 143 cm³/mol. The van der Waals surface area contributed by atoms with Crippen molar-refractivity contribution in [2.45, 2.75) is 53.1 Å². The third kappa shape index (κ3) is 8.86. The summed E-state index contributed by atoms with van der Waals surface area (Å²) in [6.45, 7) is 8.69. The minimum atomic E-state index is -3.55. The molecule has 0 aromatic heterocycles. The maximum atomic E-state index is 13.3. The largest absolute Gasteiger partial charge is 0.497 e. The van der Waals surface area contributed by atoms with Gasteiger partial charge in [-0.05, 0) is 56.0 Å². The van der Waals surface area contributed by atoms with Crippen LogP contribution in [0.5, 0.6) is 5.75 Å². The number of hydrogen-bond acceptors (Lipinski definition) is 5. The second-order valence-corrected chi connectivity index (χ2v) is 11.4. The first-order valence-corrected chi connectivity index (χ1v) is 14.0. The minimum absolute atomic E-state index is 0.107. The lowest BCUT2D eigenvalue weighted by molar-refractivity contribution is -0.140. The molecule has 2 amide bonds. The summed E-state index contributed by atoms with van der Waals surface area (Å²) in [5.74, 6) is 0.508. The zero-order chi connectivity index (χ0) is 26.9. The highest BCUT2D eigenvalue weighted by Crippen LogP contribution is 2.22. The molecule has 0 heterocycles. The van der Waals surface area contributed by atoms with Crippen molar-refractivity contribution in [1.82, 2.24) is 10.2 Å². The van der Waals surface area contributed by atoms with Crippen LogP contribution in [0.15, 0.2) is 48.5 Å². The van der Waals surface area contributed by atoms with Crippen LogP contribution in [0.25, 0.3) is 0 Å². The van der Waals surface area contributed by atoms with E-state index < -0.39 is 16.1 Å². The van der Waals surface area contributed by atoms with E-state index in [1.54, 1.807) is 43.2 Å². The quantitative estimate of drug-likeness (QED) is 0.437. The molecule has 2 aromatic carbocycles. The van der Waals surface area contributed by atoms with Crippen molar-refractivity contribution in [2.75, 3.05) is 30.8 Å². The number of amides is 2. The van der Waals surface area contributed by atoms with Gasteiger partial charge < -0.3 is 15.0 Å². The second kappa shape index (κ2) is 13.3. The normalized spacial score (nSPS) is 12.2. The highest BCUT2D eigenvalue weighted by Gasteiger charge is 2.26. The van der Waals surface area contributed by atoms with Crippen LogP contribution in [0.2, 0.25) is 0 Å². The summed E-state index contributed by atoms with van der Waals surface area (Å²) < 4.78 is 31.3. The second-order valence-electron chi connectivity index (χ2n) is 9.46. The topological polar surface area (TPSA) is 96.0 Å². The average Bonchev–Trinajstić information content (AvgIpc) is 2.82. The molecule has 0 aliphatic rings. The van der Waals surface area contributed by atoms with Crippen LogP contribution in [0.3, 0.4) is 0 Å². The summed E-state index contributed by atoms with van der Waals surface area (Å²) in [6.07, 6.45) is 1.56. The number of carbonyl (C=O) groups excluding carboxylic acids is 2. The van der Waals surface area contributed by atoms with Crippen molar-refractivity contribution in [2.24, 2.45) is 5.92 Å². The highest BCUT2D eigenvalue weighted by molar-refractivity contribution is 7.92. The summed E-state index contributed by atoms with van der Waals surface area (Å²) in [4.78, 5) is 27.7. The van der Waals surface area contributed by atoms with Crippen LogP contribution in [-0.2, 0) is 26.2 Å². The summed E-state index contributed by atoms with van der Waals surface area (Å²) in [6, 6.07) is 13.9. The van der Waals surface area contributed by atoms with Gasteiger partial charge in [0, 0.05) is 26.1 Å². The molecule has 198 valence electrons. The van der Waals surface area contributed by atoms with Crippen molar-refractivity contribution in [1.29, 1.82) is 0 Å². The number of methoxy groups -OCH3 is 1. The molecule has 0 saturated heterocycles. The Morgan fingerprint density at radius 1 is 1.06 bits per heavy atom. The Hall–Kier alpha value is -3.07. The van der Waals surface area contributed by atoms with Crippen molar-refractivity contribution in [3.63, 3.8) is 0 Å². The molecule has 0 saturated carbocycles. The fourth-order valence-electron chi connectivity index (χ4n) is 3.79. The molecule has 0 unspecified atom stereocenters. The van der Waals surface area contributed by atoms with E-state index in [-0.39, 0.29) is 24.8 Å². The lowest BCUT2D eigenvalue weighted by Crippen LogP contribution is -2.48. The van der Waals surface area contributed by atoms with Gasteiger partial charge in [0.25, 0.3) is 0 Å². The van der Waals surface area contributed by atoms with Crippen LogP contribution >= 0.6 is 0 Å². The van der Waals surface area contributed by atoms with Gasteiger partial charge in [-0.15, -0.1) is 0 Å². The molecule has 1 N–H and O–H groups in total. The van der Waals surface area contributed by atoms with E-state index in [0.29, 0.717) is 36.9 Å². The van der Waals surface area contributed by atoms with Crippen molar-refractivity contribution >= 4 is 27.5 Å². The third-order valence-electron chi connectivity index (χ3n) is 5.80. The first-order valence-electron chi connectivity index (χ1n) is 12.2. The minimum Gasteiger partial charge on any atom is -0.497 e. The lowest BCUT2D eigenvalue weighted by atomic mass is 10.1. The number of hydrogen-bond donors (Lipinski definition) is 1. The van der Waals surface area contributed by atoms with Gasteiger partial charge in [-0.3, -0.25) is 13.9 Å². The Morgan fingerprint density at radius 3 is 2.28 bits per heavy atom. The summed E-state index contributed by atoms with van der Waals surface area (Å²) in [5.41, 5.74) is 2.51. The van der Waals surface area contributed by atoms with Gasteiger partial charge in [0.2, 0.25) is 21.8 Å². The molecule has 9 heteroatoms. The Kier molecular flexibility index (Phi) is 10.8. The molecule has 0 aliphatic carbocycles. The van der Waals surface area contributed by atoms with Crippen molar-refractivity contribution < 1.29 is 22.7 Å². The molecule has 0 spiro atoms. The Morgan fingerprint density at radius 2 is 1.72 bits per heavy atom. The van der Waals surface area contributed by atoms with E-state index in [4.69, 9.17) is 4.74 Å². The first-order chi connectivity index (χ1) is 16.9. The molecule has 36 heavy (non-hydrogen) atoms. The van der Waals surface area contributed by atoms with Crippen LogP contribution in [-0.4, -0.2) is 57.6 Å². The van der Waals surface area contributed by atoms with Gasteiger partial charge in [0.1, 0.15) is 11.8 Å². The molecule has 2 rings (SSSR count). The fourth-order valence-corrected chi connectivity index (χ4v) is 4.76. The first kappa shape index (κ1) is 29.2. The van der Waals surface area contributed by atoms with Crippen LogP contribution in [0, 0.1) is 12.8 Å². The van der Waals surface area contributed by atoms with E-state index in [0.717, 1.165) is 17.4 Å². The molecule has 0 radical (unpaired) electrons. The molecule has 0 aliphatic heterocycles. The molecule has 0 bridgehead atoms. The SMILES string of the molecule is COc1ccc(N(CCCC(=O)N(Cc2cccc(C)c2)[C@H](C)C(=O)NCC(C)C)S(C)(=O)=O)cc1. The number of anilines is 1. The zero-order valence-corrected chi connectivity index (χ0v) is 23.0. The van der Waals surface area contributed by atoms with Gasteiger partial charge in [-0.1, -0.05) is 43.7 Å². The van der Waals surface area contributed by atoms with Crippen molar-refractivity contribution in [3.8, 4) is 5.75 Å². The number of carbonyl (C=O) groups is 2. The van der Waals surface area contributed by atoms with Gasteiger partial charge in [-0.25, -0.2) is 8.42 Å². The highest BCUT2D eigenvalue weighted by atomic mass is 32.2. The van der Waals surface area contributed by atoms with E-state index in [1.165, 1.54) is 4.31 Å².